The number of rotatable bonds is 0. The topological polar surface area (TPSA) is 12.9 Å². The van der Waals surface area contributed by atoms with E-state index in [1.54, 1.807) is 11.3 Å². The van der Waals surface area contributed by atoms with Crippen molar-refractivity contribution in [3.8, 4) is 0 Å². The summed E-state index contributed by atoms with van der Waals surface area (Å²) in [6, 6.07) is 14.9. The number of hydrogen-bond donors (Lipinski definition) is 0. The molecule has 0 N–H and O–H groups in total. The summed E-state index contributed by atoms with van der Waals surface area (Å²) in [5.74, 6) is 0. The van der Waals surface area contributed by atoms with Gasteiger partial charge in [-0.1, -0.05) is 30.3 Å². The van der Waals surface area contributed by atoms with Gasteiger partial charge in [-0.3, -0.25) is 4.98 Å². The molecule has 80 valence electrons. The molecular formula is C15H9NS. The van der Waals surface area contributed by atoms with Crippen molar-refractivity contribution in [1.29, 1.82) is 0 Å². The quantitative estimate of drug-likeness (QED) is 0.406. The molecule has 0 aliphatic rings. The molecule has 0 radical (unpaired) electrons. The fourth-order valence-corrected chi connectivity index (χ4v) is 3.31. The highest BCUT2D eigenvalue weighted by Crippen LogP contribution is 2.33. The SMILES string of the molecule is c1ccc2c(c1)ccc1ncc3ccsc3c12. The van der Waals surface area contributed by atoms with Crippen LogP contribution in [0.3, 0.4) is 0 Å². The Balaban J connectivity index is 2.41. The fourth-order valence-electron chi connectivity index (χ4n) is 2.37. The Morgan fingerprint density at radius 1 is 0.882 bits per heavy atom. The summed E-state index contributed by atoms with van der Waals surface area (Å²) < 4.78 is 1.34. The molecule has 0 unspecified atom stereocenters. The lowest BCUT2D eigenvalue weighted by Crippen LogP contribution is -1.81. The van der Waals surface area contributed by atoms with Gasteiger partial charge in [-0.05, 0) is 28.3 Å². The molecule has 4 aromatic rings. The molecule has 0 aliphatic carbocycles. The third kappa shape index (κ3) is 1.22. The number of aromatic nitrogens is 1. The Morgan fingerprint density at radius 3 is 2.82 bits per heavy atom. The molecule has 2 heteroatoms. The van der Waals surface area contributed by atoms with E-state index in [0.29, 0.717) is 0 Å². The third-order valence-corrected chi connectivity index (χ3v) is 4.12. The maximum atomic E-state index is 4.54. The van der Waals surface area contributed by atoms with Crippen molar-refractivity contribution >= 4 is 43.1 Å². The number of benzene rings is 2. The largest absolute Gasteiger partial charge is 0.256 e. The van der Waals surface area contributed by atoms with E-state index in [4.69, 9.17) is 0 Å². The van der Waals surface area contributed by atoms with Crippen molar-refractivity contribution < 1.29 is 0 Å². The van der Waals surface area contributed by atoms with Crippen molar-refractivity contribution in [2.45, 2.75) is 0 Å². The first-order chi connectivity index (χ1) is 8.43. The van der Waals surface area contributed by atoms with E-state index in [0.717, 1.165) is 5.52 Å². The van der Waals surface area contributed by atoms with Gasteiger partial charge in [0.05, 0.1) is 5.52 Å². The Kier molecular flexibility index (Phi) is 1.76. The first-order valence-corrected chi connectivity index (χ1v) is 6.45. The second-order valence-corrected chi connectivity index (χ2v) is 5.06. The molecule has 4 rings (SSSR count). The van der Waals surface area contributed by atoms with Crippen LogP contribution in [0.1, 0.15) is 0 Å². The van der Waals surface area contributed by atoms with Crippen LogP contribution in [0.2, 0.25) is 0 Å². The molecule has 1 nitrogen and oxygen atoms in total. The number of hydrogen-bond acceptors (Lipinski definition) is 2. The van der Waals surface area contributed by atoms with E-state index >= 15 is 0 Å². The summed E-state index contributed by atoms with van der Waals surface area (Å²) in [6.45, 7) is 0. The molecule has 0 atom stereocenters. The van der Waals surface area contributed by atoms with Crippen LogP contribution in [-0.4, -0.2) is 4.98 Å². The standard InChI is InChI=1S/C15H9NS/c1-2-4-12-10(3-1)5-6-13-14(12)15-11(9-16-13)7-8-17-15/h1-9H. The minimum Gasteiger partial charge on any atom is -0.256 e. The number of fused-ring (bicyclic) bond motifs is 5. The highest BCUT2D eigenvalue weighted by molar-refractivity contribution is 7.18. The smallest absolute Gasteiger partial charge is 0.0723 e. The predicted molar refractivity (Wildman–Crippen MR) is 74.6 cm³/mol. The molecule has 17 heavy (non-hydrogen) atoms. The zero-order valence-electron chi connectivity index (χ0n) is 9.05. The highest BCUT2D eigenvalue weighted by Gasteiger charge is 2.06. The van der Waals surface area contributed by atoms with Gasteiger partial charge in [0.1, 0.15) is 0 Å². The maximum Gasteiger partial charge on any atom is 0.0723 e. The van der Waals surface area contributed by atoms with Gasteiger partial charge in [0.15, 0.2) is 0 Å². The second-order valence-electron chi connectivity index (χ2n) is 4.14. The molecule has 0 saturated heterocycles. The molecular weight excluding hydrogens is 226 g/mol. The number of nitrogens with zero attached hydrogens (tertiary/aromatic N) is 1. The summed E-state index contributed by atoms with van der Waals surface area (Å²) in [7, 11) is 0. The normalized spacial score (nSPS) is 11.5. The predicted octanol–water partition coefficient (Wildman–Crippen LogP) is 4.60. The zero-order chi connectivity index (χ0) is 11.2. The van der Waals surface area contributed by atoms with Crippen LogP contribution in [0.25, 0.3) is 31.8 Å². The van der Waals surface area contributed by atoms with Crippen molar-refractivity contribution in [3.05, 3.63) is 54.0 Å². The first kappa shape index (κ1) is 9.14. The molecule has 0 bridgehead atoms. The van der Waals surface area contributed by atoms with E-state index < -0.39 is 0 Å². The van der Waals surface area contributed by atoms with Crippen LogP contribution < -0.4 is 0 Å². The van der Waals surface area contributed by atoms with Crippen molar-refractivity contribution in [2.24, 2.45) is 0 Å². The lowest BCUT2D eigenvalue weighted by atomic mass is 10.0. The van der Waals surface area contributed by atoms with Crippen LogP contribution in [-0.2, 0) is 0 Å². The lowest BCUT2D eigenvalue weighted by Gasteiger charge is -2.04. The Bertz CT molecular complexity index is 845. The molecule has 0 spiro atoms. The average Bonchev–Trinajstić information content (AvgIpc) is 2.86. The highest BCUT2D eigenvalue weighted by atomic mass is 32.1. The van der Waals surface area contributed by atoms with Gasteiger partial charge in [-0.25, -0.2) is 0 Å². The Labute approximate surface area is 102 Å². The van der Waals surface area contributed by atoms with Crippen molar-refractivity contribution in [2.75, 3.05) is 0 Å². The van der Waals surface area contributed by atoms with Gasteiger partial charge in [-0.15, -0.1) is 11.3 Å². The second kappa shape index (κ2) is 3.28. The van der Waals surface area contributed by atoms with Gasteiger partial charge in [0.2, 0.25) is 0 Å². The van der Waals surface area contributed by atoms with Crippen LogP contribution >= 0.6 is 11.3 Å². The average molecular weight is 235 g/mol. The van der Waals surface area contributed by atoms with Crippen LogP contribution in [0, 0.1) is 0 Å². The molecule has 2 heterocycles. The van der Waals surface area contributed by atoms with Gasteiger partial charge in [0.25, 0.3) is 0 Å². The fraction of sp³-hybridized carbons (Fsp3) is 0. The summed E-state index contributed by atoms with van der Waals surface area (Å²) in [6.07, 6.45) is 1.96. The van der Waals surface area contributed by atoms with Gasteiger partial charge in [0, 0.05) is 21.7 Å². The molecule has 0 aliphatic heterocycles. The summed E-state index contributed by atoms with van der Waals surface area (Å²) in [4.78, 5) is 4.54. The molecule has 0 fully saturated rings. The van der Waals surface area contributed by atoms with Crippen LogP contribution in [0.5, 0.6) is 0 Å². The van der Waals surface area contributed by atoms with Crippen LogP contribution in [0.4, 0.5) is 0 Å². The third-order valence-electron chi connectivity index (χ3n) is 3.17. The van der Waals surface area contributed by atoms with Crippen molar-refractivity contribution in [3.63, 3.8) is 0 Å². The van der Waals surface area contributed by atoms with Gasteiger partial charge >= 0.3 is 0 Å². The molecule has 2 aromatic heterocycles. The van der Waals surface area contributed by atoms with E-state index in [2.05, 4.69) is 52.8 Å². The minimum absolute atomic E-state index is 1.08. The molecule has 2 aromatic carbocycles. The van der Waals surface area contributed by atoms with Crippen LogP contribution in [0.15, 0.2) is 54.0 Å². The summed E-state index contributed by atoms with van der Waals surface area (Å²) >= 11 is 1.79. The maximum absolute atomic E-state index is 4.54. The summed E-state index contributed by atoms with van der Waals surface area (Å²) in [5.41, 5.74) is 1.08. The van der Waals surface area contributed by atoms with Crippen molar-refractivity contribution in [1.82, 2.24) is 4.98 Å². The first-order valence-electron chi connectivity index (χ1n) is 5.57. The van der Waals surface area contributed by atoms with E-state index in [9.17, 15) is 0 Å². The van der Waals surface area contributed by atoms with Gasteiger partial charge < -0.3 is 0 Å². The number of thiophene rings is 1. The van der Waals surface area contributed by atoms with E-state index in [1.165, 1.54) is 26.2 Å². The monoisotopic (exact) mass is 235 g/mol. The van der Waals surface area contributed by atoms with E-state index in [-0.39, 0.29) is 0 Å². The zero-order valence-corrected chi connectivity index (χ0v) is 9.87. The molecule has 0 amide bonds. The Hall–Kier alpha value is -1.93. The van der Waals surface area contributed by atoms with Gasteiger partial charge in [-0.2, -0.15) is 0 Å². The summed E-state index contributed by atoms with van der Waals surface area (Å²) in [5, 5.41) is 7.23. The Morgan fingerprint density at radius 2 is 1.82 bits per heavy atom. The van der Waals surface area contributed by atoms with E-state index in [1.807, 2.05) is 6.20 Å². The number of pyridine rings is 1. The minimum atomic E-state index is 1.08. The lowest BCUT2D eigenvalue weighted by molar-refractivity contribution is 1.46. The molecule has 0 saturated carbocycles.